The molecule has 0 spiro atoms. The van der Waals surface area contributed by atoms with Crippen molar-refractivity contribution in [2.24, 2.45) is 5.73 Å². The van der Waals surface area contributed by atoms with Crippen molar-refractivity contribution in [2.75, 3.05) is 6.54 Å². The van der Waals surface area contributed by atoms with E-state index in [2.05, 4.69) is 10.6 Å². The number of nitrogens with zero attached hydrogens (tertiary/aromatic N) is 1. The lowest BCUT2D eigenvalue weighted by molar-refractivity contribution is -0.140. The fourth-order valence-electron chi connectivity index (χ4n) is 2.96. The molecule has 3 atom stereocenters. The van der Waals surface area contributed by atoms with E-state index in [-0.39, 0.29) is 23.9 Å². The molecule has 1 unspecified atom stereocenters. The van der Waals surface area contributed by atoms with E-state index in [1.54, 1.807) is 4.90 Å². The van der Waals surface area contributed by atoms with Crippen molar-refractivity contribution in [1.82, 2.24) is 15.5 Å². The van der Waals surface area contributed by atoms with Crippen LogP contribution in [0.25, 0.3) is 0 Å². The quantitative estimate of drug-likeness (QED) is 0.592. The summed E-state index contributed by atoms with van der Waals surface area (Å²) in [7, 11) is 0. The van der Waals surface area contributed by atoms with E-state index < -0.39 is 12.1 Å². The number of carbonyl (C=O) groups excluding carboxylic acids is 3. The maximum atomic E-state index is 12.4. The van der Waals surface area contributed by atoms with Crippen LogP contribution in [-0.2, 0) is 14.4 Å². The van der Waals surface area contributed by atoms with E-state index in [1.807, 2.05) is 6.92 Å². The third-order valence-electron chi connectivity index (χ3n) is 4.06. The highest BCUT2D eigenvalue weighted by molar-refractivity contribution is 5.94. The number of nitrogens with one attached hydrogen (secondary N) is 2. The zero-order valence-corrected chi connectivity index (χ0v) is 12.4. The second-order valence-electron chi connectivity index (χ2n) is 5.75. The standard InChI is InChI=1S/C14H24N4O3/c1-2-4-11(15)17-13(20)10-5-3-8-18(10)14(21)9-6-7-12(19)16-9/h9-11H,2-8,15H2,1H3,(H,16,19)(H,17,20)/t9-,10-,11?/m0/s1. The number of amides is 3. The van der Waals surface area contributed by atoms with Crippen molar-refractivity contribution in [3.8, 4) is 0 Å². The zero-order valence-electron chi connectivity index (χ0n) is 12.4. The third-order valence-corrected chi connectivity index (χ3v) is 4.06. The van der Waals surface area contributed by atoms with Crippen LogP contribution in [0.4, 0.5) is 0 Å². The van der Waals surface area contributed by atoms with Gasteiger partial charge in [0.25, 0.3) is 0 Å². The number of hydrogen-bond donors (Lipinski definition) is 3. The molecule has 21 heavy (non-hydrogen) atoms. The first kappa shape index (κ1) is 15.8. The van der Waals surface area contributed by atoms with E-state index in [0.29, 0.717) is 32.2 Å². The number of hydrogen-bond acceptors (Lipinski definition) is 4. The lowest BCUT2D eigenvalue weighted by atomic mass is 10.1. The Kier molecular flexibility index (Phi) is 5.17. The van der Waals surface area contributed by atoms with Gasteiger partial charge in [-0.2, -0.15) is 0 Å². The molecule has 2 aliphatic rings. The molecular weight excluding hydrogens is 272 g/mol. The molecule has 4 N–H and O–H groups in total. The Balaban J connectivity index is 1.94. The van der Waals surface area contributed by atoms with E-state index >= 15 is 0 Å². The molecule has 2 heterocycles. The van der Waals surface area contributed by atoms with Gasteiger partial charge in [-0.15, -0.1) is 0 Å². The topological polar surface area (TPSA) is 105 Å². The molecule has 0 aromatic rings. The largest absolute Gasteiger partial charge is 0.344 e. The number of rotatable bonds is 5. The zero-order chi connectivity index (χ0) is 15.4. The van der Waals surface area contributed by atoms with Gasteiger partial charge < -0.3 is 21.3 Å². The summed E-state index contributed by atoms with van der Waals surface area (Å²) in [6.07, 6.45) is 3.57. The molecule has 0 aromatic carbocycles. The van der Waals surface area contributed by atoms with Crippen LogP contribution in [0.2, 0.25) is 0 Å². The van der Waals surface area contributed by atoms with Gasteiger partial charge in [0.15, 0.2) is 0 Å². The van der Waals surface area contributed by atoms with Crippen LogP contribution in [0.5, 0.6) is 0 Å². The maximum Gasteiger partial charge on any atom is 0.245 e. The van der Waals surface area contributed by atoms with Crippen molar-refractivity contribution < 1.29 is 14.4 Å². The predicted octanol–water partition coefficient (Wildman–Crippen LogP) is -0.543. The van der Waals surface area contributed by atoms with Gasteiger partial charge in [-0.25, -0.2) is 0 Å². The van der Waals surface area contributed by atoms with Gasteiger partial charge in [-0.3, -0.25) is 14.4 Å². The van der Waals surface area contributed by atoms with Gasteiger partial charge >= 0.3 is 0 Å². The first-order valence-electron chi connectivity index (χ1n) is 7.68. The summed E-state index contributed by atoms with van der Waals surface area (Å²) in [5.41, 5.74) is 5.82. The Labute approximate surface area is 124 Å². The number of carbonyl (C=O) groups is 3. The monoisotopic (exact) mass is 296 g/mol. The van der Waals surface area contributed by atoms with Crippen molar-refractivity contribution >= 4 is 17.7 Å². The first-order valence-corrected chi connectivity index (χ1v) is 7.68. The molecular formula is C14H24N4O3. The van der Waals surface area contributed by atoms with Crippen molar-refractivity contribution in [3.63, 3.8) is 0 Å². The minimum atomic E-state index is -0.477. The normalized spacial score (nSPS) is 26.6. The van der Waals surface area contributed by atoms with Crippen molar-refractivity contribution in [1.29, 1.82) is 0 Å². The molecule has 0 radical (unpaired) electrons. The number of nitrogens with two attached hydrogens (primary N) is 1. The summed E-state index contributed by atoms with van der Waals surface area (Å²) in [6.45, 7) is 2.56. The molecule has 2 aliphatic heterocycles. The fourth-order valence-corrected chi connectivity index (χ4v) is 2.96. The lowest BCUT2D eigenvalue weighted by Crippen LogP contribution is -2.54. The van der Waals surface area contributed by atoms with Crippen LogP contribution < -0.4 is 16.4 Å². The highest BCUT2D eigenvalue weighted by Crippen LogP contribution is 2.21. The van der Waals surface area contributed by atoms with Gasteiger partial charge in [0.05, 0.1) is 6.17 Å². The summed E-state index contributed by atoms with van der Waals surface area (Å²) in [6, 6.07) is -0.937. The molecule has 0 aliphatic carbocycles. The second kappa shape index (κ2) is 6.89. The van der Waals surface area contributed by atoms with Crippen LogP contribution in [0, 0.1) is 0 Å². The SMILES string of the molecule is CCCC(N)NC(=O)[C@@H]1CCCN1C(=O)[C@@H]1CCC(=O)N1. The third kappa shape index (κ3) is 3.72. The van der Waals surface area contributed by atoms with E-state index in [9.17, 15) is 14.4 Å². The average Bonchev–Trinajstić information content (AvgIpc) is 3.06. The minimum absolute atomic E-state index is 0.0986. The molecule has 3 amide bonds. The molecule has 7 nitrogen and oxygen atoms in total. The second-order valence-corrected chi connectivity index (χ2v) is 5.75. The van der Waals surface area contributed by atoms with Gasteiger partial charge in [0.2, 0.25) is 17.7 Å². The van der Waals surface area contributed by atoms with E-state index in [4.69, 9.17) is 5.73 Å². The summed E-state index contributed by atoms with van der Waals surface area (Å²) in [4.78, 5) is 37.5. The van der Waals surface area contributed by atoms with Gasteiger partial charge in [0, 0.05) is 13.0 Å². The van der Waals surface area contributed by atoms with Crippen LogP contribution >= 0.6 is 0 Å². The highest BCUT2D eigenvalue weighted by atomic mass is 16.2. The number of likely N-dealkylation sites (tertiary alicyclic amines) is 1. The summed E-state index contributed by atoms with van der Waals surface area (Å²) in [5, 5.41) is 5.43. The van der Waals surface area contributed by atoms with E-state index in [1.165, 1.54) is 0 Å². The van der Waals surface area contributed by atoms with Crippen LogP contribution in [0.1, 0.15) is 45.4 Å². The molecule has 2 fully saturated rings. The predicted molar refractivity (Wildman–Crippen MR) is 76.9 cm³/mol. The molecule has 0 saturated carbocycles. The molecule has 7 heteroatoms. The van der Waals surface area contributed by atoms with Crippen LogP contribution in [0.3, 0.4) is 0 Å². The Morgan fingerprint density at radius 1 is 1.48 bits per heavy atom. The van der Waals surface area contributed by atoms with Gasteiger partial charge in [0.1, 0.15) is 12.1 Å². The fraction of sp³-hybridized carbons (Fsp3) is 0.786. The Morgan fingerprint density at radius 2 is 2.24 bits per heavy atom. The average molecular weight is 296 g/mol. The summed E-state index contributed by atoms with van der Waals surface area (Å²) in [5.74, 6) is -0.438. The van der Waals surface area contributed by atoms with E-state index in [0.717, 1.165) is 12.8 Å². The summed E-state index contributed by atoms with van der Waals surface area (Å²) < 4.78 is 0. The minimum Gasteiger partial charge on any atom is -0.344 e. The molecule has 2 saturated heterocycles. The Morgan fingerprint density at radius 3 is 2.86 bits per heavy atom. The molecule has 0 aromatic heterocycles. The van der Waals surface area contributed by atoms with Crippen LogP contribution in [0.15, 0.2) is 0 Å². The first-order chi connectivity index (χ1) is 10.0. The Bertz CT molecular complexity index is 426. The molecule has 118 valence electrons. The van der Waals surface area contributed by atoms with Crippen molar-refractivity contribution in [3.05, 3.63) is 0 Å². The smallest absolute Gasteiger partial charge is 0.245 e. The van der Waals surface area contributed by atoms with Gasteiger partial charge in [-0.05, 0) is 25.7 Å². The maximum absolute atomic E-state index is 12.4. The van der Waals surface area contributed by atoms with Gasteiger partial charge in [-0.1, -0.05) is 13.3 Å². The molecule has 2 rings (SSSR count). The van der Waals surface area contributed by atoms with Crippen molar-refractivity contribution in [2.45, 2.75) is 63.7 Å². The molecule has 0 bridgehead atoms. The van der Waals surface area contributed by atoms with Crippen LogP contribution in [-0.4, -0.2) is 47.4 Å². The Hall–Kier alpha value is -1.63. The lowest BCUT2D eigenvalue weighted by Gasteiger charge is -2.27. The highest BCUT2D eigenvalue weighted by Gasteiger charge is 2.39. The summed E-state index contributed by atoms with van der Waals surface area (Å²) >= 11 is 0.